The van der Waals surface area contributed by atoms with Crippen LogP contribution < -0.4 is 10.6 Å². The summed E-state index contributed by atoms with van der Waals surface area (Å²) in [5, 5.41) is 4.59. The van der Waals surface area contributed by atoms with E-state index in [-0.39, 0.29) is 17.6 Å². The first-order chi connectivity index (χ1) is 7.61. The predicted octanol–water partition coefficient (Wildman–Crippen LogP) is 0.753. The molecule has 2 amide bonds. The highest BCUT2D eigenvalue weighted by atomic mass is 35.5. The number of carbonyl (C=O) groups excluding carboxylic acids is 2. The second-order valence-corrected chi connectivity index (χ2v) is 3.79. The third-order valence-corrected chi connectivity index (χ3v) is 2.01. The van der Waals surface area contributed by atoms with Crippen LogP contribution in [0, 0.1) is 0 Å². The Balaban J connectivity index is 2.17. The van der Waals surface area contributed by atoms with Crippen molar-refractivity contribution in [2.24, 2.45) is 0 Å². The Labute approximate surface area is 98.1 Å². The molecule has 1 atom stereocenters. The first-order valence-corrected chi connectivity index (χ1v) is 5.28. The monoisotopic (exact) mass is 244 g/mol. The van der Waals surface area contributed by atoms with Gasteiger partial charge >= 0.3 is 0 Å². The highest BCUT2D eigenvalue weighted by molar-refractivity contribution is 6.30. The van der Waals surface area contributed by atoms with E-state index in [1.54, 1.807) is 19.1 Å². The normalized spacial score (nSPS) is 11.9. The Morgan fingerprint density at radius 1 is 1.44 bits per heavy atom. The van der Waals surface area contributed by atoms with Gasteiger partial charge in [-0.05, 0) is 19.1 Å². The second kappa shape index (κ2) is 6.17. The molecule has 88 valence electrons. The van der Waals surface area contributed by atoms with Gasteiger partial charge in [-0.3, -0.25) is 9.59 Å². The number of furan rings is 1. The van der Waals surface area contributed by atoms with Gasteiger partial charge in [0, 0.05) is 13.1 Å². The molecular formula is C10H13ClN2O3. The van der Waals surface area contributed by atoms with Gasteiger partial charge in [0.2, 0.25) is 5.91 Å². The Morgan fingerprint density at radius 2 is 2.12 bits per heavy atom. The van der Waals surface area contributed by atoms with Crippen LogP contribution in [-0.2, 0) is 4.79 Å². The van der Waals surface area contributed by atoms with Crippen molar-refractivity contribution in [1.29, 1.82) is 0 Å². The molecule has 1 unspecified atom stereocenters. The summed E-state index contributed by atoms with van der Waals surface area (Å²) in [6.07, 6.45) is 1.42. The summed E-state index contributed by atoms with van der Waals surface area (Å²) in [5.74, 6) is -0.316. The molecule has 16 heavy (non-hydrogen) atoms. The standard InChI is InChI=1S/C10H13ClN2O3/c1-7(11)9(14)12-4-5-13-10(15)8-3-2-6-16-8/h2-3,6-7H,4-5H2,1H3,(H,12,14)(H,13,15). The SMILES string of the molecule is CC(Cl)C(=O)NCCNC(=O)c1ccco1. The summed E-state index contributed by atoms with van der Waals surface area (Å²) >= 11 is 5.54. The van der Waals surface area contributed by atoms with Crippen LogP contribution >= 0.6 is 11.6 Å². The first kappa shape index (κ1) is 12.6. The van der Waals surface area contributed by atoms with Gasteiger partial charge in [0.05, 0.1) is 6.26 Å². The zero-order valence-corrected chi connectivity index (χ0v) is 9.58. The summed E-state index contributed by atoms with van der Waals surface area (Å²) in [5.41, 5.74) is 0. The maximum absolute atomic E-state index is 11.3. The minimum atomic E-state index is -0.569. The molecule has 0 aromatic carbocycles. The van der Waals surface area contributed by atoms with Crippen molar-refractivity contribution in [2.45, 2.75) is 12.3 Å². The maximum atomic E-state index is 11.3. The van der Waals surface area contributed by atoms with E-state index >= 15 is 0 Å². The van der Waals surface area contributed by atoms with Gasteiger partial charge in [0.15, 0.2) is 5.76 Å². The van der Waals surface area contributed by atoms with Gasteiger partial charge < -0.3 is 15.1 Å². The van der Waals surface area contributed by atoms with Gasteiger partial charge in [0.25, 0.3) is 5.91 Å². The minimum absolute atomic E-state index is 0.247. The Morgan fingerprint density at radius 3 is 2.69 bits per heavy atom. The minimum Gasteiger partial charge on any atom is -0.459 e. The number of hydrogen-bond acceptors (Lipinski definition) is 3. The zero-order valence-electron chi connectivity index (χ0n) is 8.83. The van der Waals surface area contributed by atoms with Gasteiger partial charge in [-0.15, -0.1) is 11.6 Å². The first-order valence-electron chi connectivity index (χ1n) is 4.84. The average molecular weight is 245 g/mol. The fourth-order valence-electron chi connectivity index (χ4n) is 0.997. The number of amides is 2. The van der Waals surface area contributed by atoms with Crippen molar-refractivity contribution in [3.05, 3.63) is 24.2 Å². The number of nitrogens with one attached hydrogen (secondary N) is 2. The van der Waals surface area contributed by atoms with Crippen molar-refractivity contribution in [1.82, 2.24) is 10.6 Å². The molecule has 1 aromatic heterocycles. The molecule has 0 saturated carbocycles. The smallest absolute Gasteiger partial charge is 0.287 e. The predicted molar refractivity (Wildman–Crippen MR) is 59.4 cm³/mol. The molecule has 6 heteroatoms. The van der Waals surface area contributed by atoms with Crippen LogP contribution in [0.1, 0.15) is 17.5 Å². The van der Waals surface area contributed by atoms with Crippen molar-refractivity contribution in [3.8, 4) is 0 Å². The number of rotatable bonds is 5. The summed E-state index contributed by atoms with van der Waals surface area (Å²) < 4.78 is 4.89. The Bertz CT molecular complexity index is 349. The molecule has 0 saturated heterocycles. The van der Waals surface area contributed by atoms with E-state index in [1.807, 2.05) is 0 Å². The molecule has 1 aromatic rings. The number of carbonyl (C=O) groups is 2. The highest BCUT2D eigenvalue weighted by Crippen LogP contribution is 1.98. The van der Waals surface area contributed by atoms with Gasteiger partial charge in [-0.25, -0.2) is 0 Å². The molecule has 0 aliphatic rings. The molecule has 0 spiro atoms. The fraction of sp³-hybridized carbons (Fsp3) is 0.400. The van der Waals surface area contributed by atoms with Crippen LogP contribution in [0.15, 0.2) is 22.8 Å². The number of hydrogen-bond donors (Lipinski definition) is 2. The van der Waals surface area contributed by atoms with E-state index < -0.39 is 5.38 Å². The van der Waals surface area contributed by atoms with Crippen LogP contribution in [0.25, 0.3) is 0 Å². The van der Waals surface area contributed by atoms with Gasteiger partial charge in [0.1, 0.15) is 5.38 Å². The van der Waals surface area contributed by atoms with E-state index in [4.69, 9.17) is 16.0 Å². The summed E-state index contributed by atoms with van der Waals surface area (Å²) in [6.45, 7) is 2.25. The van der Waals surface area contributed by atoms with E-state index in [9.17, 15) is 9.59 Å². The van der Waals surface area contributed by atoms with Crippen LogP contribution in [0.2, 0.25) is 0 Å². The van der Waals surface area contributed by atoms with Crippen molar-refractivity contribution < 1.29 is 14.0 Å². The molecule has 5 nitrogen and oxygen atoms in total. The van der Waals surface area contributed by atoms with E-state index in [0.717, 1.165) is 0 Å². The van der Waals surface area contributed by atoms with Gasteiger partial charge in [-0.1, -0.05) is 0 Å². The van der Waals surface area contributed by atoms with Crippen molar-refractivity contribution >= 4 is 23.4 Å². The quantitative estimate of drug-likeness (QED) is 0.593. The third-order valence-electron chi connectivity index (χ3n) is 1.82. The summed E-state index contributed by atoms with van der Waals surface area (Å²) in [7, 11) is 0. The number of alkyl halides is 1. The van der Waals surface area contributed by atoms with E-state index in [2.05, 4.69) is 10.6 Å². The molecule has 0 aliphatic carbocycles. The molecule has 0 bridgehead atoms. The van der Waals surface area contributed by atoms with Crippen LogP contribution in [0.3, 0.4) is 0 Å². The molecule has 0 aliphatic heterocycles. The molecular weight excluding hydrogens is 232 g/mol. The largest absolute Gasteiger partial charge is 0.459 e. The topological polar surface area (TPSA) is 71.3 Å². The second-order valence-electron chi connectivity index (χ2n) is 3.14. The van der Waals surface area contributed by atoms with E-state index in [0.29, 0.717) is 13.1 Å². The fourth-order valence-corrected chi connectivity index (χ4v) is 1.07. The van der Waals surface area contributed by atoms with Crippen LogP contribution in [0.4, 0.5) is 0 Å². The lowest BCUT2D eigenvalue weighted by Crippen LogP contribution is -2.37. The zero-order chi connectivity index (χ0) is 12.0. The van der Waals surface area contributed by atoms with Crippen LogP contribution in [-0.4, -0.2) is 30.3 Å². The average Bonchev–Trinajstić information content (AvgIpc) is 2.76. The summed E-state index contributed by atoms with van der Waals surface area (Å²) in [4.78, 5) is 22.4. The van der Waals surface area contributed by atoms with Crippen LogP contribution in [0.5, 0.6) is 0 Å². The molecule has 1 heterocycles. The molecule has 0 radical (unpaired) electrons. The van der Waals surface area contributed by atoms with Crippen molar-refractivity contribution in [3.63, 3.8) is 0 Å². The molecule has 0 fully saturated rings. The molecule has 2 N–H and O–H groups in total. The number of halogens is 1. The summed E-state index contributed by atoms with van der Waals surface area (Å²) in [6, 6.07) is 3.20. The highest BCUT2D eigenvalue weighted by Gasteiger charge is 2.09. The lowest BCUT2D eigenvalue weighted by atomic mass is 10.4. The van der Waals surface area contributed by atoms with Crippen molar-refractivity contribution in [2.75, 3.05) is 13.1 Å². The van der Waals surface area contributed by atoms with Gasteiger partial charge in [-0.2, -0.15) is 0 Å². The lowest BCUT2D eigenvalue weighted by Gasteiger charge is -2.06. The van der Waals surface area contributed by atoms with E-state index in [1.165, 1.54) is 6.26 Å². The lowest BCUT2D eigenvalue weighted by molar-refractivity contribution is -0.120. The Hall–Kier alpha value is -1.49. The Kier molecular flexibility index (Phi) is 4.85. The maximum Gasteiger partial charge on any atom is 0.287 e. The third kappa shape index (κ3) is 3.94. The molecule has 1 rings (SSSR count).